The van der Waals surface area contributed by atoms with Crippen LogP contribution in [-0.2, 0) is 4.79 Å². The Hall–Kier alpha value is -0.670. The van der Waals surface area contributed by atoms with E-state index in [0.29, 0.717) is 19.3 Å². The second-order valence-electron chi connectivity index (χ2n) is 6.21. The molecule has 1 saturated carbocycles. The predicted octanol–water partition coefficient (Wildman–Crippen LogP) is 1.86. The number of ketones is 1. The lowest BCUT2D eigenvalue weighted by atomic mass is 9.59. The SMILES string of the molecule is CC[N+]1(C)C=CC2(C)CC(=O)CCC2(O)C1C. The fraction of sp³-hybridized carbons (Fsp3) is 0.786. The molecule has 2 aliphatic rings. The van der Waals surface area contributed by atoms with Crippen molar-refractivity contribution >= 4 is 5.78 Å². The molecule has 1 fully saturated rings. The van der Waals surface area contributed by atoms with Gasteiger partial charge in [0.1, 0.15) is 17.4 Å². The van der Waals surface area contributed by atoms with Crippen molar-refractivity contribution in [1.29, 1.82) is 0 Å². The second-order valence-corrected chi connectivity index (χ2v) is 6.21. The zero-order valence-electron chi connectivity index (χ0n) is 11.4. The highest BCUT2D eigenvalue weighted by molar-refractivity contribution is 5.81. The standard InChI is InChI=1S/C14H24NO2/c1-5-15(4)9-8-13(3)10-12(16)6-7-14(13,17)11(15)2/h8-9,11,17H,5-7,10H2,1-4H3/q+1. The van der Waals surface area contributed by atoms with E-state index in [1.807, 2.05) is 6.92 Å². The zero-order valence-corrected chi connectivity index (χ0v) is 11.4. The fourth-order valence-electron chi connectivity index (χ4n) is 3.49. The first-order chi connectivity index (χ1) is 7.77. The zero-order chi connectivity index (χ0) is 12.9. The first-order valence-electron chi connectivity index (χ1n) is 6.57. The minimum Gasteiger partial charge on any atom is -0.383 e. The smallest absolute Gasteiger partial charge is 0.134 e. The van der Waals surface area contributed by atoms with Gasteiger partial charge in [0.25, 0.3) is 0 Å². The Morgan fingerprint density at radius 3 is 2.82 bits per heavy atom. The molecule has 4 unspecified atom stereocenters. The van der Waals surface area contributed by atoms with Gasteiger partial charge in [-0.3, -0.25) is 9.28 Å². The summed E-state index contributed by atoms with van der Waals surface area (Å²) < 4.78 is 0.750. The van der Waals surface area contributed by atoms with Gasteiger partial charge in [0.2, 0.25) is 0 Å². The van der Waals surface area contributed by atoms with Crippen molar-refractivity contribution in [2.75, 3.05) is 13.6 Å². The van der Waals surface area contributed by atoms with Gasteiger partial charge in [0.15, 0.2) is 0 Å². The van der Waals surface area contributed by atoms with Gasteiger partial charge >= 0.3 is 0 Å². The molecule has 0 aromatic carbocycles. The summed E-state index contributed by atoms with van der Waals surface area (Å²) in [6, 6.07) is 0.135. The molecule has 96 valence electrons. The van der Waals surface area contributed by atoms with Crippen LogP contribution in [0.1, 0.15) is 40.0 Å². The maximum atomic E-state index is 11.7. The fourth-order valence-corrected chi connectivity index (χ4v) is 3.49. The molecule has 3 nitrogen and oxygen atoms in total. The number of carbonyl (C=O) groups is 1. The Balaban J connectivity index is 2.47. The molecular formula is C14H24NO2+. The molecule has 0 radical (unpaired) electrons. The number of hydrogen-bond acceptors (Lipinski definition) is 2. The molecule has 0 amide bonds. The molecule has 1 aliphatic heterocycles. The van der Waals surface area contributed by atoms with Crippen molar-refractivity contribution in [1.82, 2.24) is 0 Å². The highest BCUT2D eigenvalue weighted by atomic mass is 16.3. The number of fused-ring (bicyclic) bond motifs is 1. The van der Waals surface area contributed by atoms with Crippen molar-refractivity contribution in [3.05, 3.63) is 12.3 Å². The van der Waals surface area contributed by atoms with Crippen LogP contribution in [-0.4, -0.2) is 40.6 Å². The van der Waals surface area contributed by atoms with E-state index in [1.165, 1.54) is 0 Å². The minimum atomic E-state index is -0.750. The first kappa shape index (κ1) is 12.8. The maximum absolute atomic E-state index is 11.7. The lowest BCUT2D eigenvalue weighted by Crippen LogP contribution is -2.68. The van der Waals surface area contributed by atoms with Crippen LogP contribution in [0.2, 0.25) is 0 Å². The molecule has 4 atom stereocenters. The van der Waals surface area contributed by atoms with E-state index in [4.69, 9.17) is 0 Å². The van der Waals surface area contributed by atoms with Crippen molar-refractivity contribution in [2.24, 2.45) is 5.41 Å². The first-order valence-corrected chi connectivity index (χ1v) is 6.57. The topological polar surface area (TPSA) is 37.3 Å². The quantitative estimate of drug-likeness (QED) is 0.708. The average molecular weight is 238 g/mol. The molecule has 0 saturated heterocycles. The van der Waals surface area contributed by atoms with Crippen molar-refractivity contribution < 1.29 is 14.4 Å². The third kappa shape index (κ3) is 1.59. The molecule has 2 rings (SSSR count). The van der Waals surface area contributed by atoms with Crippen LogP contribution < -0.4 is 0 Å². The summed E-state index contributed by atoms with van der Waals surface area (Å²) in [5.41, 5.74) is -1.13. The van der Waals surface area contributed by atoms with Gasteiger partial charge in [-0.2, -0.15) is 0 Å². The van der Waals surface area contributed by atoms with Crippen LogP contribution in [0.25, 0.3) is 0 Å². The second kappa shape index (κ2) is 3.66. The molecule has 0 aromatic rings. The van der Waals surface area contributed by atoms with Gasteiger partial charge in [-0.25, -0.2) is 0 Å². The minimum absolute atomic E-state index is 0.135. The van der Waals surface area contributed by atoms with Crippen LogP contribution in [0, 0.1) is 5.41 Å². The van der Waals surface area contributed by atoms with Crippen molar-refractivity contribution in [3.63, 3.8) is 0 Å². The molecule has 17 heavy (non-hydrogen) atoms. The Morgan fingerprint density at radius 2 is 2.24 bits per heavy atom. The van der Waals surface area contributed by atoms with Gasteiger partial charge in [0, 0.05) is 18.3 Å². The van der Waals surface area contributed by atoms with E-state index in [2.05, 4.69) is 33.2 Å². The Kier molecular flexibility index (Phi) is 2.75. The summed E-state index contributed by atoms with van der Waals surface area (Å²) in [5, 5.41) is 11.1. The van der Waals surface area contributed by atoms with Gasteiger partial charge < -0.3 is 5.11 Å². The number of nitrogens with zero attached hydrogens (tertiary/aromatic N) is 1. The number of carbonyl (C=O) groups excluding carboxylic acids is 1. The van der Waals surface area contributed by atoms with Gasteiger partial charge in [0.05, 0.1) is 19.8 Å². The maximum Gasteiger partial charge on any atom is 0.134 e. The number of rotatable bonds is 1. The average Bonchev–Trinajstić information content (AvgIpc) is 2.29. The van der Waals surface area contributed by atoms with Crippen molar-refractivity contribution in [2.45, 2.75) is 51.7 Å². The summed E-state index contributed by atoms with van der Waals surface area (Å²) in [5.74, 6) is 0.279. The lowest BCUT2D eigenvalue weighted by Gasteiger charge is -2.56. The molecule has 1 heterocycles. The molecule has 1 N–H and O–H groups in total. The van der Waals surface area contributed by atoms with E-state index in [0.717, 1.165) is 11.0 Å². The summed E-state index contributed by atoms with van der Waals surface area (Å²) >= 11 is 0. The number of aliphatic hydroxyl groups is 1. The Labute approximate surface area is 104 Å². The molecule has 1 aliphatic carbocycles. The number of Topliss-reactive ketones (excluding diaryl/α,β-unsaturated/α-hetero) is 1. The third-order valence-electron chi connectivity index (χ3n) is 5.38. The summed E-state index contributed by atoms with van der Waals surface area (Å²) in [6.45, 7) is 7.24. The summed E-state index contributed by atoms with van der Waals surface area (Å²) in [4.78, 5) is 11.7. The normalized spacial score (nSPS) is 50.2. The lowest BCUT2D eigenvalue weighted by molar-refractivity contribution is -0.894. The van der Waals surface area contributed by atoms with E-state index in [9.17, 15) is 9.90 Å². The summed E-state index contributed by atoms with van der Waals surface area (Å²) in [6.07, 6.45) is 5.84. The third-order valence-corrected chi connectivity index (χ3v) is 5.38. The van der Waals surface area contributed by atoms with Gasteiger partial charge in [-0.05, 0) is 26.3 Å². The van der Waals surface area contributed by atoms with Crippen LogP contribution in [0.5, 0.6) is 0 Å². The summed E-state index contributed by atoms with van der Waals surface area (Å²) in [7, 11) is 2.15. The van der Waals surface area contributed by atoms with Gasteiger partial charge in [-0.1, -0.05) is 6.92 Å². The van der Waals surface area contributed by atoms with Crippen LogP contribution >= 0.6 is 0 Å². The van der Waals surface area contributed by atoms with Crippen LogP contribution in [0.4, 0.5) is 0 Å². The molecule has 0 aromatic heterocycles. The van der Waals surface area contributed by atoms with Gasteiger partial charge in [-0.15, -0.1) is 0 Å². The van der Waals surface area contributed by atoms with E-state index in [1.54, 1.807) is 0 Å². The van der Waals surface area contributed by atoms with E-state index in [-0.39, 0.29) is 17.2 Å². The highest BCUT2D eigenvalue weighted by Gasteiger charge is 2.60. The highest BCUT2D eigenvalue weighted by Crippen LogP contribution is 2.51. The number of quaternary nitrogens is 1. The van der Waals surface area contributed by atoms with E-state index >= 15 is 0 Å². The number of likely N-dealkylation sites (N-methyl/N-ethyl adjacent to an activating group) is 1. The molecule has 3 heteroatoms. The van der Waals surface area contributed by atoms with Crippen LogP contribution in [0.3, 0.4) is 0 Å². The van der Waals surface area contributed by atoms with Crippen LogP contribution in [0.15, 0.2) is 12.3 Å². The number of hydrogen-bond donors (Lipinski definition) is 1. The monoisotopic (exact) mass is 238 g/mol. The Morgan fingerprint density at radius 1 is 1.59 bits per heavy atom. The predicted molar refractivity (Wildman–Crippen MR) is 67.2 cm³/mol. The van der Waals surface area contributed by atoms with Crippen molar-refractivity contribution in [3.8, 4) is 0 Å². The molecule has 0 spiro atoms. The Bertz CT molecular complexity index is 378. The molecule has 0 bridgehead atoms. The largest absolute Gasteiger partial charge is 0.383 e. The van der Waals surface area contributed by atoms with E-state index < -0.39 is 5.60 Å². The molecular weight excluding hydrogens is 214 g/mol.